The lowest BCUT2D eigenvalue weighted by atomic mass is 9.87. The molecule has 0 aromatic carbocycles. The molecule has 0 saturated carbocycles. The summed E-state index contributed by atoms with van der Waals surface area (Å²) in [6, 6.07) is 0. The van der Waals surface area contributed by atoms with E-state index in [4.69, 9.17) is 0 Å². The van der Waals surface area contributed by atoms with Gasteiger partial charge in [0.05, 0.1) is 11.7 Å². The first kappa shape index (κ1) is 19.2. The van der Waals surface area contributed by atoms with Crippen molar-refractivity contribution < 1.29 is 10.2 Å². The molecule has 2 nitrogen and oxygen atoms in total. The molecule has 3 atom stereocenters. The van der Waals surface area contributed by atoms with Gasteiger partial charge in [0.1, 0.15) is 0 Å². The van der Waals surface area contributed by atoms with Gasteiger partial charge in [-0.15, -0.1) is 0 Å². The maximum atomic E-state index is 10.5. The van der Waals surface area contributed by atoms with Crippen molar-refractivity contribution in [2.45, 2.75) is 78.4 Å². The van der Waals surface area contributed by atoms with Crippen LogP contribution in [0, 0.1) is 11.8 Å². The maximum absolute atomic E-state index is 10.5. The van der Waals surface area contributed by atoms with Crippen molar-refractivity contribution >= 4 is 0 Å². The molecule has 2 N–H and O–H groups in total. The quantitative estimate of drug-likeness (QED) is 0.684. The Morgan fingerprint density at radius 2 is 1.91 bits per heavy atom. The molecule has 0 amide bonds. The molecule has 1 aliphatic carbocycles. The Labute approximate surface area is 136 Å². The zero-order chi connectivity index (χ0) is 16.8. The molecule has 0 aromatic heterocycles. The van der Waals surface area contributed by atoms with E-state index in [0.717, 1.165) is 25.7 Å². The molecule has 0 aliphatic heterocycles. The average Bonchev–Trinajstić information content (AvgIpc) is 2.36. The highest BCUT2D eigenvalue weighted by atomic mass is 16.3. The lowest BCUT2D eigenvalue weighted by Gasteiger charge is -2.22. The van der Waals surface area contributed by atoms with Gasteiger partial charge in [0.15, 0.2) is 0 Å². The minimum absolute atomic E-state index is 0.396. The largest absolute Gasteiger partial charge is 0.389 e. The molecule has 0 radical (unpaired) electrons. The predicted molar refractivity (Wildman–Crippen MR) is 94.7 cm³/mol. The van der Waals surface area contributed by atoms with Crippen LogP contribution in [0.5, 0.6) is 0 Å². The van der Waals surface area contributed by atoms with Crippen molar-refractivity contribution in [2.24, 2.45) is 11.8 Å². The Kier molecular flexibility index (Phi) is 7.58. The molecular weight excluding hydrogens is 272 g/mol. The fourth-order valence-corrected chi connectivity index (χ4v) is 2.96. The van der Waals surface area contributed by atoms with Crippen LogP contribution in [0.4, 0.5) is 0 Å². The third-order valence-corrected chi connectivity index (χ3v) is 4.58. The van der Waals surface area contributed by atoms with E-state index < -0.39 is 11.7 Å². The fourth-order valence-electron chi connectivity index (χ4n) is 2.96. The fraction of sp³-hybridized carbons (Fsp3) is 0.700. The molecule has 3 unspecified atom stereocenters. The number of hydrogen-bond donors (Lipinski definition) is 2. The Hall–Kier alpha value is -0.860. The molecule has 0 spiro atoms. The molecule has 0 saturated heterocycles. The van der Waals surface area contributed by atoms with Gasteiger partial charge in [0, 0.05) is 0 Å². The Balaban J connectivity index is 2.95. The van der Waals surface area contributed by atoms with Gasteiger partial charge in [-0.05, 0) is 64.7 Å². The molecule has 0 bridgehead atoms. The zero-order valence-electron chi connectivity index (χ0n) is 15.0. The van der Waals surface area contributed by atoms with Crippen LogP contribution >= 0.6 is 0 Å². The number of hydrogen-bond acceptors (Lipinski definition) is 2. The average molecular weight is 306 g/mol. The Morgan fingerprint density at radius 3 is 2.55 bits per heavy atom. The van der Waals surface area contributed by atoms with E-state index in [1.807, 2.05) is 19.1 Å². The summed E-state index contributed by atoms with van der Waals surface area (Å²) < 4.78 is 0. The van der Waals surface area contributed by atoms with Crippen molar-refractivity contribution in [1.82, 2.24) is 0 Å². The molecule has 1 rings (SSSR count). The highest BCUT2D eigenvalue weighted by molar-refractivity contribution is 5.10. The van der Waals surface area contributed by atoms with Crippen LogP contribution < -0.4 is 0 Å². The van der Waals surface area contributed by atoms with Crippen molar-refractivity contribution in [3.8, 4) is 0 Å². The molecule has 22 heavy (non-hydrogen) atoms. The molecule has 126 valence electrons. The topological polar surface area (TPSA) is 40.5 Å². The first-order valence-corrected chi connectivity index (χ1v) is 8.62. The van der Waals surface area contributed by atoms with E-state index in [1.54, 1.807) is 0 Å². The third-order valence-electron chi connectivity index (χ3n) is 4.58. The third kappa shape index (κ3) is 7.42. The van der Waals surface area contributed by atoms with Crippen LogP contribution in [-0.4, -0.2) is 21.9 Å². The van der Waals surface area contributed by atoms with E-state index in [1.165, 1.54) is 11.1 Å². The first-order valence-electron chi connectivity index (χ1n) is 8.62. The molecule has 0 fully saturated rings. The van der Waals surface area contributed by atoms with Gasteiger partial charge >= 0.3 is 0 Å². The monoisotopic (exact) mass is 306 g/mol. The van der Waals surface area contributed by atoms with Gasteiger partial charge in [-0.3, -0.25) is 0 Å². The van der Waals surface area contributed by atoms with Crippen molar-refractivity contribution in [3.63, 3.8) is 0 Å². The standard InChI is InChI=1S/C20H34O2/c1-15(2)18-9-8-17(4)14-19(21)13-16(3)7-6-11-20(5,22)12-10-18/h7,10,12,14-15,18-19,21-22H,6,8-9,11,13H2,1-5H3. The zero-order valence-corrected chi connectivity index (χ0v) is 15.0. The van der Waals surface area contributed by atoms with Crippen LogP contribution in [-0.2, 0) is 0 Å². The normalized spacial score (nSPS) is 32.4. The summed E-state index contributed by atoms with van der Waals surface area (Å²) in [5.41, 5.74) is 1.69. The van der Waals surface area contributed by atoms with Gasteiger partial charge in [-0.25, -0.2) is 0 Å². The summed E-state index contributed by atoms with van der Waals surface area (Å²) >= 11 is 0. The van der Waals surface area contributed by atoms with E-state index in [0.29, 0.717) is 18.3 Å². The summed E-state index contributed by atoms with van der Waals surface area (Å²) in [5, 5.41) is 20.7. The Bertz CT molecular complexity index is 427. The maximum Gasteiger partial charge on any atom is 0.0802 e. The number of aliphatic hydroxyl groups is 2. The van der Waals surface area contributed by atoms with E-state index in [2.05, 4.69) is 39.8 Å². The molecule has 0 aromatic rings. The summed E-state index contributed by atoms with van der Waals surface area (Å²) in [7, 11) is 0. The predicted octanol–water partition coefficient (Wildman–Crippen LogP) is 4.78. The lowest BCUT2D eigenvalue weighted by Crippen LogP contribution is -2.21. The second kappa shape index (κ2) is 8.69. The first-order chi connectivity index (χ1) is 10.2. The second-order valence-electron chi connectivity index (χ2n) is 7.54. The highest BCUT2D eigenvalue weighted by Crippen LogP contribution is 2.25. The summed E-state index contributed by atoms with van der Waals surface area (Å²) in [5.74, 6) is 1.02. The summed E-state index contributed by atoms with van der Waals surface area (Å²) in [6.45, 7) is 10.5. The van der Waals surface area contributed by atoms with E-state index >= 15 is 0 Å². The lowest BCUT2D eigenvalue weighted by molar-refractivity contribution is 0.102. The summed E-state index contributed by atoms with van der Waals surface area (Å²) in [6.07, 6.45) is 12.2. The second-order valence-corrected chi connectivity index (χ2v) is 7.54. The van der Waals surface area contributed by atoms with Crippen molar-refractivity contribution in [2.75, 3.05) is 0 Å². The minimum Gasteiger partial charge on any atom is -0.389 e. The van der Waals surface area contributed by atoms with Crippen molar-refractivity contribution in [3.05, 3.63) is 35.5 Å². The summed E-state index contributed by atoms with van der Waals surface area (Å²) in [4.78, 5) is 0. The van der Waals surface area contributed by atoms with Gasteiger partial charge in [0.25, 0.3) is 0 Å². The van der Waals surface area contributed by atoms with Crippen LogP contribution in [0.1, 0.15) is 66.7 Å². The molecule has 0 heterocycles. The molecular formula is C20H34O2. The molecule has 1 aliphatic rings. The van der Waals surface area contributed by atoms with Crippen LogP contribution in [0.2, 0.25) is 0 Å². The van der Waals surface area contributed by atoms with E-state index in [9.17, 15) is 10.2 Å². The van der Waals surface area contributed by atoms with Gasteiger partial charge in [-0.2, -0.15) is 0 Å². The van der Waals surface area contributed by atoms with Crippen LogP contribution in [0.3, 0.4) is 0 Å². The smallest absolute Gasteiger partial charge is 0.0802 e. The number of rotatable bonds is 1. The highest BCUT2D eigenvalue weighted by Gasteiger charge is 2.18. The Morgan fingerprint density at radius 1 is 1.23 bits per heavy atom. The molecule has 2 heteroatoms. The van der Waals surface area contributed by atoms with Crippen LogP contribution in [0.15, 0.2) is 35.5 Å². The van der Waals surface area contributed by atoms with E-state index in [-0.39, 0.29) is 0 Å². The van der Waals surface area contributed by atoms with Gasteiger partial charge < -0.3 is 10.2 Å². The van der Waals surface area contributed by atoms with Crippen LogP contribution in [0.25, 0.3) is 0 Å². The minimum atomic E-state index is -0.752. The SMILES string of the molecule is CC1=CC(O)CC(C)=CCCC(C)(O)C=CC(C(C)C)CC1. The van der Waals surface area contributed by atoms with Gasteiger partial charge in [-0.1, -0.05) is 49.3 Å². The van der Waals surface area contributed by atoms with Crippen molar-refractivity contribution in [1.29, 1.82) is 0 Å². The number of allylic oxidation sites excluding steroid dienone is 3. The number of aliphatic hydroxyl groups excluding tert-OH is 1. The van der Waals surface area contributed by atoms with Gasteiger partial charge in [0.2, 0.25) is 0 Å².